The van der Waals surface area contributed by atoms with Crippen LogP contribution in [0.1, 0.15) is 27.2 Å². The van der Waals surface area contributed by atoms with E-state index in [-0.39, 0.29) is 5.41 Å². The predicted octanol–water partition coefficient (Wildman–Crippen LogP) is 2.38. The normalized spacial score (nSPS) is 11.1. The first kappa shape index (κ1) is 13.5. The molecule has 0 bridgehead atoms. The molecule has 0 atom stereocenters. The first-order chi connectivity index (χ1) is 8.04. The molecule has 2 N–H and O–H groups in total. The highest BCUT2D eigenvalue weighted by atomic mass is 16.5. The van der Waals surface area contributed by atoms with E-state index in [0.29, 0.717) is 11.6 Å². The number of aromatic nitrogens is 2. The van der Waals surface area contributed by atoms with Gasteiger partial charge in [0.05, 0.1) is 7.11 Å². The van der Waals surface area contributed by atoms with E-state index >= 15 is 0 Å². The molecule has 0 aromatic carbocycles. The first-order valence-corrected chi connectivity index (χ1v) is 5.84. The van der Waals surface area contributed by atoms with Crippen molar-refractivity contribution in [3.63, 3.8) is 0 Å². The van der Waals surface area contributed by atoms with Gasteiger partial charge >= 0.3 is 0 Å². The maximum Gasteiger partial charge on any atom is 0.204 e. The van der Waals surface area contributed by atoms with Gasteiger partial charge in [0.2, 0.25) is 5.75 Å². The molecular formula is C12H22N4O. The number of nitrogens with zero attached hydrogens (tertiary/aromatic N) is 2. The van der Waals surface area contributed by atoms with Crippen LogP contribution >= 0.6 is 0 Å². The van der Waals surface area contributed by atoms with Crippen LogP contribution in [-0.2, 0) is 0 Å². The largest absolute Gasteiger partial charge is 0.490 e. The van der Waals surface area contributed by atoms with Crippen LogP contribution in [0, 0.1) is 5.41 Å². The average Bonchev–Trinajstić information content (AvgIpc) is 2.35. The third-order valence-corrected chi connectivity index (χ3v) is 2.94. The quantitative estimate of drug-likeness (QED) is 0.796. The molecule has 0 aliphatic rings. The van der Waals surface area contributed by atoms with E-state index in [0.717, 1.165) is 18.8 Å². The Bertz CT molecular complexity index is 366. The Balaban J connectivity index is 2.84. The first-order valence-electron chi connectivity index (χ1n) is 5.84. The SMILES string of the molecule is CCC(C)(C)CNc1ncnc(NC)c1OC. The van der Waals surface area contributed by atoms with E-state index in [1.807, 2.05) is 7.05 Å². The lowest BCUT2D eigenvalue weighted by Gasteiger charge is -2.24. The lowest BCUT2D eigenvalue weighted by Crippen LogP contribution is -2.22. The molecule has 5 nitrogen and oxygen atoms in total. The van der Waals surface area contributed by atoms with Crippen molar-refractivity contribution in [3.8, 4) is 5.75 Å². The summed E-state index contributed by atoms with van der Waals surface area (Å²) in [6.07, 6.45) is 2.63. The smallest absolute Gasteiger partial charge is 0.204 e. The predicted molar refractivity (Wildman–Crippen MR) is 70.7 cm³/mol. The summed E-state index contributed by atoms with van der Waals surface area (Å²) < 4.78 is 5.32. The van der Waals surface area contributed by atoms with Gasteiger partial charge in [0.15, 0.2) is 11.6 Å². The van der Waals surface area contributed by atoms with Crippen molar-refractivity contribution in [2.75, 3.05) is 31.3 Å². The van der Waals surface area contributed by atoms with Crippen LogP contribution in [0.25, 0.3) is 0 Å². The minimum Gasteiger partial charge on any atom is -0.490 e. The Morgan fingerprint density at radius 3 is 2.47 bits per heavy atom. The number of ether oxygens (including phenoxy) is 1. The van der Waals surface area contributed by atoms with Gasteiger partial charge in [-0.2, -0.15) is 0 Å². The van der Waals surface area contributed by atoms with Crippen molar-refractivity contribution in [2.45, 2.75) is 27.2 Å². The molecule has 0 saturated heterocycles. The van der Waals surface area contributed by atoms with E-state index in [1.54, 1.807) is 7.11 Å². The van der Waals surface area contributed by atoms with Gasteiger partial charge < -0.3 is 15.4 Å². The second kappa shape index (κ2) is 5.70. The Morgan fingerprint density at radius 2 is 1.94 bits per heavy atom. The summed E-state index contributed by atoms with van der Waals surface area (Å²) >= 11 is 0. The molecule has 0 aliphatic carbocycles. The topological polar surface area (TPSA) is 59.1 Å². The van der Waals surface area contributed by atoms with Crippen molar-refractivity contribution in [1.29, 1.82) is 0 Å². The number of hydrogen-bond acceptors (Lipinski definition) is 5. The fourth-order valence-electron chi connectivity index (χ4n) is 1.32. The van der Waals surface area contributed by atoms with Gasteiger partial charge in [0.1, 0.15) is 6.33 Å². The molecule has 1 aromatic rings. The molecule has 0 radical (unpaired) electrons. The van der Waals surface area contributed by atoms with Crippen molar-refractivity contribution in [1.82, 2.24) is 9.97 Å². The van der Waals surface area contributed by atoms with Crippen molar-refractivity contribution < 1.29 is 4.74 Å². The molecular weight excluding hydrogens is 216 g/mol. The zero-order chi connectivity index (χ0) is 12.9. The third-order valence-electron chi connectivity index (χ3n) is 2.94. The van der Waals surface area contributed by atoms with E-state index in [1.165, 1.54) is 6.33 Å². The number of rotatable bonds is 6. The molecule has 0 spiro atoms. The average molecular weight is 238 g/mol. The number of anilines is 2. The van der Waals surface area contributed by atoms with Gasteiger partial charge in [0.25, 0.3) is 0 Å². The van der Waals surface area contributed by atoms with Gasteiger partial charge in [-0.1, -0.05) is 20.8 Å². The number of methoxy groups -OCH3 is 1. The van der Waals surface area contributed by atoms with Crippen LogP contribution in [0.5, 0.6) is 5.75 Å². The molecule has 17 heavy (non-hydrogen) atoms. The highest BCUT2D eigenvalue weighted by Gasteiger charge is 2.17. The maximum atomic E-state index is 5.32. The van der Waals surface area contributed by atoms with Gasteiger partial charge in [-0.3, -0.25) is 0 Å². The van der Waals surface area contributed by atoms with Crippen LogP contribution in [0.2, 0.25) is 0 Å². The summed E-state index contributed by atoms with van der Waals surface area (Å²) in [7, 11) is 3.43. The number of nitrogens with one attached hydrogen (secondary N) is 2. The second-order valence-corrected chi connectivity index (χ2v) is 4.73. The summed E-state index contributed by atoms with van der Waals surface area (Å²) in [6.45, 7) is 7.46. The van der Waals surface area contributed by atoms with Crippen molar-refractivity contribution in [3.05, 3.63) is 6.33 Å². The maximum absolute atomic E-state index is 5.32. The second-order valence-electron chi connectivity index (χ2n) is 4.73. The standard InChI is InChI=1S/C12H22N4O/c1-6-12(2,3)7-14-11-9(17-5)10(13-4)15-8-16-11/h8H,6-7H2,1-5H3,(H2,13,14,15,16). The highest BCUT2D eigenvalue weighted by Crippen LogP contribution is 2.29. The molecule has 1 rings (SSSR count). The van der Waals surface area contributed by atoms with Gasteiger partial charge in [0, 0.05) is 13.6 Å². The molecule has 0 amide bonds. The minimum atomic E-state index is 0.232. The van der Waals surface area contributed by atoms with Crippen LogP contribution in [0.15, 0.2) is 6.33 Å². The molecule has 1 aromatic heterocycles. The van der Waals surface area contributed by atoms with Crippen molar-refractivity contribution in [2.24, 2.45) is 5.41 Å². The van der Waals surface area contributed by atoms with Gasteiger partial charge in [-0.15, -0.1) is 0 Å². The van der Waals surface area contributed by atoms with E-state index in [2.05, 4.69) is 41.4 Å². The summed E-state index contributed by atoms with van der Waals surface area (Å²) in [5, 5.41) is 6.30. The zero-order valence-electron chi connectivity index (χ0n) is 11.3. The Kier molecular flexibility index (Phi) is 4.54. The third kappa shape index (κ3) is 3.47. The summed E-state index contributed by atoms with van der Waals surface area (Å²) in [6, 6.07) is 0. The molecule has 0 saturated carbocycles. The Hall–Kier alpha value is -1.52. The Labute approximate surface area is 103 Å². The molecule has 96 valence electrons. The monoisotopic (exact) mass is 238 g/mol. The molecule has 0 unspecified atom stereocenters. The number of hydrogen-bond donors (Lipinski definition) is 2. The molecule has 0 aliphatic heterocycles. The van der Waals surface area contributed by atoms with E-state index < -0.39 is 0 Å². The van der Waals surface area contributed by atoms with Crippen LogP contribution in [0.4, 0.5) is 11.6 Å². The fourth-order valence-corrected chi connectivity index (χ4v) is 1.32. The molecule has 5 heteroatoms. The van der Waals surface area contributed by atoms with E-state index in [9.17, 15) is 0 Å². The molecule has 0 fully saturated rings. The fraction of sp³-hybridized carbons (Fsp3) is 0.667. The van der Waals surface area contributed by atoms with Gasteiger partial charge in [-0.05, 0) is 11.8 Å². The van der Waals surface area contributed by atoms with E-state index in [4.69, 9.17) is 4.74 Å². The summed E-state index contributed by atoms with van der Waals surface area (Å²) in [4.78, 5) is 8.31. The van der Waals surface area contributed by atoms with Gasteiger partial charge in [-0.25, -0.2) is 9.97 Å². The Morgan fingerprint density at radius 1 is 1.29 bits per heavy atom. The summed E-state index contributed by atoms with van der Waals surface area (Å²) in [5.41, 5.74) is 0.232. The van der Waals surface area contributed by atoms with Crippen molar-refractivity contribution >= 4 is 11.6 Å². The highest BCUT2D eigenvalue weighted by molar-refractivity contribution is 5.63. The summed E-state index contributed by atoms with van der Waals surface area (Å²) in [5.74, 6) is 2.08. The zero-order valence-corrected chi connectivity index (χ0v) is 11.3. The lowest BCUT2D eigenvalue weighted by molar-refractivity contribution is 0.374. The minimum absolute atomic E-state index is 0.232. The van der Waals surface area contributed by atoms with Crippen LogP contribution < -0.4 is 15.4 Å². The van der Waals surface area contributed by atoms with Crippen LogP contribution in [-0.4, -0.2) is 30.7 Å². The molecule has 1 heterocycles. The van der Waals surface area contributed by atoms with Crippen LogP contribution in [0.3, 0.4) is 0 Å². The lowest BCUT2D eigenvalue weighted by atomic mass is 9.90.